The first-order chi connectivity index (χ1) is 19.7. The van der Waals surface area contributed by atoms with Crippen LogP contribution in [0.4, 0.5) is 10.1 Å². The van der Waals surface area contributed by atoms with Gasteiger partial charge in [-0.15, -0.1) is 0 Å². The van der Waals surface area contributed by atoms with Crippen molar-refractivity contribution in [2.75, 3.05) is 24.4 Å². The molecule has 218 valence electrons. The zero-order valence-corrected chi connectivity index (χ0v) is 25.2. The zero-order valence-electron chi connectivity index (χ0n) is 22.8. The second kappa shape index (κ2) is 13.4. The summed E-state index contributed by atoms with van der Waals surface area (Å²) < 4.78 is 49.4. The Hall–Kier alpha value is -2.95. The van der Waals surface area contributed by atoms with Gasteiger partial charge in [0.15, 0.2) is 5.75 Å². The summed E-state index contributed by atoms with van der Waals surface area (Å²) in [4.78, 5) is 15.4. The summed E-state index contributed by atoms with van der Waals surface area (Å²) in [6.07, 6.45) is 8.04. The smallest absolute Gasteiger partial charge is 0.262 e. The minimum atomic E-state index is -4.08. The molecule has 1 aliphatic carbocycles. The molecule has 1 saturated carbocycles. The van der Waals surface area contributed by atoms with E-state index < -0.39 is 15.8 Å². The number of nitrogens with zero attached hydrogens (tertiary/aromatic N) is 1. The Bertz CT molecular complexity index is 1440. The minimum absolute atomic E-state index is 0.0363. The summed E-state index contributed by atoms with van der Waals surface area (Å²) in [5.41, 5.74) is 0.357. The van der Waals surface area contributed by atoms with E-state index in [0.717, 1.165) is 42.1 Å². The van der Waals surface area contributed by atoms with Gasteiger partial charge in [-0.05, 0) is 131 Å². The van der Waals surface area contributed by atoms with E-state index in [9.17, 15) is 17.6 Å². The molecule has 0 aromatic heterocycles. The summed E-state index contributed by atoms with van der Waals surface area (Å²) in [5.74, 6) is 0.515. The number of hydrogen-bond acceptors (Lipinski definition) is 5. The number of carbonyl (C=O) groups is 1. The lowest BCUT2D eigenvalue weighted by Gasteiger charge is -2.30. The van der Waals surface area contributed by atoms with E-state index >= 15 is 0 Å². The SMILES string of the molecule is O=C(N[C@H]1CC[C@H](CCN2CCCC2)CC1)c1ccc(S(=O)(=O)Nc2cc(F)ccc2Oc2ccc(Br)cc2)cc1. The van der Waals surface area contributed by atoms with Crippen LogP contribution in [-0.2, 0) is 10.0 Å². The van der Waals surface area contributed by atoms with Gasteiger partial charge in [-0.3, -0.25) is 9.52 Å². The Morgan fingerprint density at radius 2 is 1.63 bits per heavy atom. The van der Waals surface area contributed by atoms with Gasteiger partial charge in [0.05, 0.1) is 10.6 Å². The van der Waals surface area contributed by atoms with E-state index in [1.165, 1.54) is 75.3 Å². The molecule has 10 heteroatoms. The topological polar surface area (TPSA) is 87.7 Å². The van der Waals surface area contributed by atoms with Gasteiger partial charge in [0.2, 0.25) is 0 Å². The number of sulfonamides is 1. The third-order valence-corrected chi connectivity index (χ3v) is 9.80. The predicted molar refractivity (Wildman–Crippen MR) is 161 cm³/mol. The first-order valence-corrected chi connectivity index (χ1v) is 16.4. The Morgan fingerprint density at radius 3 is 2.32 bits per heavy atom. The van der Waals surface area contributed by atoms with Gasteiger partial charge >= 0.3 is 0 Å². The zero-order chi connectivity index (χ0) is 28.8. The second-order valence-electron chi connectivity index (χ2n) is 10.9. The third kappa shape index (κ3) is 8.08. The molecule has 1 amide bonds. The number of halogens is 2. The largest absolute Gasteiger partial charge is 0.455 e. The van der Waals surface area contributed by atoms with Crippen molar-refractivity contribution in [2.24, 2.45) is 5.92 Å². The van der Waals surface area contributed by atoms with E-state index in [2.05, 4.69) is 30.9 Å². The Kier molecular flexibility index (Phi) is 9.62. The normalized spacial score (nSPS) is 19.6. The Balaban J connectivity index is 1.16. The lowest BCUT2D eigenvalue weighted by atomic mass is 9.84. The van der Waals surface area contributed by atoms with Gasteiger partial charge in [0.25, 0.3) is 15.9 Å². The molecule has 0 unspecified atom stereocenters. The summed E-state index contributed by atoms with van der Waals surface area (Å²) in [7, 11) is -4.08. The van der Waals surface area contributed by atoms with E-state index in [1.807, 2.05) is 0 Å². The maximum Gasteiger partial charge on any atom is 0.262 e. The van der Waals surface area contributed by atoms with Crippen LogP contribution in [0.5, 0.6) is 11.5 Å². The molecule has 2 aliphatic rings. The number of rotatable bonds is 10. The van der Waals surface area contributed by atoms with Crippen molar-refractivity contribution in [3.05, 3.63) is 82.6 Å². The maximum atomic E-state index is 14.0. The Labute approximate surface area is 249 Å². The van der Waals surface area contributed by atoms with E-state index in [-0.39, 0.29) is 28.3 Å². The van der Waals surface area contributed by atoms with Crippen LogP contribution in [0, 0.1) is 11.7 Å². The van der Waals surface area contributed by atoms with Crippen LogP contribution >= 0.6 is 15.9 Å². The van der Waals surface area contributed by atoms with E-state index in [1.54, 1.807) is 24.3 Å². The fourth-order valence-electron chi connectivity index (χ4n) is 5.53. The van der Waals surface area contributed by atoms with Crippen LogP contribution in [0.1, 0.15) is 55.3 Å². The fraction of sp³-hybridized carbons (Fsp3) is 0.387. The summed E-state index contributed by atoms with van der Waals surface area (Å²) in [5, 5.41) is 3.12. The number of anilines is 1. The summed E-state index contributed by atoms with van der Waals surface area (Å²) >= 11 is 3.35. The number of ether oxygens (including phenoxy) is 1. The van der Waals surface area contributed by atoms with Gasteiger partial charge in [-0.25, -0.2) is 12.8 Å². The quantitative estimate of drug-likeness (QED) is 0.249. The fourth-order valence-corrected chi connectivity index (χ4v) is 6.85. The molecule has 2 N–H and O–H groups in total. The molecule has 0 radical (unpaired) electrons. The van der Waals surface area contributed by atoms with Crippen LogP contribution in [0.3, 0.4) is 0 Å². The molecular weight excluding hydrogens is 609 g/mol. The first kappa shape index (κ1) is 29.5. The number of amides is 1. The molecule has 1 heterocycles. The lowest BCUT2D eigenvalue weighted by Crippen LogP contribution is -2.38. The van der Waals surface area contributed by atoms with Crippen molar-refractivity contribution in [1.29, 1.82) is 0 Å². The van der Waals surface area contributed by atoms with Crippen LogP contribution < -0.4 is 14.8 Å². The van der Waals surface area contributed by atoms with Crippen molar-refractivity contribution in [1.82, 2.24) is 10.2 Å². The van der Waals surface area contributed by atoms with Gasteiger partial charge in [-0.1, -0.05) is 15.9 Å². The number of nitrogens with one attached hydrogen (secondary N) is 2. The van der Waals surface area contributed by atoms with Crippen LogP contribution in [0.15, 0.2) is 76.1 Å². The monoisotopic (exact) mass is 643 g/mol. The number of benzene rings is 3. The van der Waals surface area contributed by atoms with Crippen molar-refractivity contribution in [3.63, 3.8) is 0 Å². The highest BCUT2D eigenvalue weighted by Crippen LogP contribution is 2.33. The van der Waals surface area contributed by atoms with Crippen molar-refractivity contribution in [2.45, 2.75) is 55.9 Å². The van der Waals surface area contributed by atoms with Gasteiger partial charge in [0.1, 0.15) is 11.6 Å². The predicted octanol–water partition coefficient (Wildman–Crippen LogP) is 6.96. The number of hydrogen-bond donors (Lipinski definition) is 2. The standard InChI is InChI=1S/C31H35BrFN3O4S/c32-24-7-12-27(13-8-24)40-30-16-9-25(33)21-29(30)35-41(38,39)28-14-5-23(6-15-28)31(37)34-26-10-3-22(4-11-26)17-20-36-18-1-2-19-36/h5-9,12-16,21-22,26,35H,1-4,10-11,17-20H2,(H,34,37)/t22-,26-. The summed E-state index contributed by atoms with van der Waals surface area (Å²) in [6.45, 7) is 3.65. The molecule has 0 spiro atoms. The molecule has 0 bridgehead atoms. The minimum Gasteiger partial charge on any atom is -0.455 e. The van der Waals surface area contributed by atoms with Crippen LogP contribution in [-0.4, -0.2) is 44.9 Å². The molecule has 1 aliphatic heterocycles. The molecule has 41 heavy (non-hydrogen) atoms. The van der Waals surface area contributed by atoms with Crippen molar-refractivity contribution >= 4 is 37.5 Å². The highest BCUT2D eigenvalue weighted by atomic mass is 79.9. The molecule has 2 fully saturated rings. The number of carbonyl (C=O) groups excluding carboxylic acids is 1. The molecule has 1 saturated heterocycles. The van der Waals surface area contributed by atoms with Gasteiger partial charge in [0, 0.05) is 22.1 Å². The lowest BCUT2D eigenvalue weighted by molar-refractivity contribution is 0.0920. The highest BCUT2D eigenvalue weighted by molar-refractivity contribution is 9.10. The van der Waals surface area contributed by atoms with E-state index in [4.69, 9.17) is 4.74 Å². The molecule has 3 aromatic rings. The van der Waals surface area contributed by atoms with Gasteiger partial charge < -0.3 is 15.0 Å². The molecule has 0 atom stereocenters. The second-order valence-corrected chi connectivity index (χ2v) is 13.5. The third-order valence-electron chi connectivity index (χ3n) is 7.89. The first-order valence-electron chi connectivity index (χ1n) is 14.1. The Morgan fingerprint density at radius 1 is 0.951 bits per heavy atom. The molecule has 7 nitrogen and oxygen atoms in total. The molecular formula is C31H35BrFN3O4S. The molecule has 3 aromatic carbocycles. The highest BCUT2D eigenvalue weighted by Gasteiger charge is 2.24. The average molecular weight is 645 g/mol. The van der Waals surface area contributed by atoms with Crippen molar-refractivity contribution < 1.29 is 22.3 Å². The van der Waals surface area contributed by atoms with E-state index in [0.29, 0.717) is 11.3 Å². The van der Waals surface area contributed by atoms with Crippen LogP contribution in [0.25, 0.3) is 0 Å². The van der Waals surface area contributed by atoms with Crippen LogP contribution in [0.2, 0.25) is 0 Å². The maximum absolute atomic E-state index is 14.0. The molecule has 5 rings (SSSR count). The van der Waals surface area contributed by atoms with Gasteiger partial charge in [-0.2, -0.15) is 0 Å². The average Bonchev–Trinajstić information content (AvgIpc) is 3.49. The number of likely N-dealkylation sites (tertiary alicyclic amines) is 1. The van der Waals surface area contributed by atoms with Crippen molar-refractivity contribution in [3.8, 4) is 11.5 Å². The summed E-state index contributed by atoms with van der Waals surface area (Å²) in [6, 6.07) is 16.5.